The third kappa shape index (κ3) is 6.32. The first-order valence-electron chi connectivity index (χ1n) is 10.5. The predicted octanol–water partition coefficient (Wildman–Crippen LogP) is 2.49. The molecular formula is C23H30N4O5S. The highest BCUT2D eigenvalue weighted by Crippen LogP contribution is 2.20. The number of likely N-dealkylation sites (N-methyl/N-ethyl adjacent to an activating group) is 2. The second-order valence-electron chi connectivity index (χ2n) is 8.08. The van der Waals surface area contributed by atoms with Crippen LogP contribution in [0.1, 0.15) is 34.0 Å². The van der Waals surface area contributed by atoms with Gasteiger partial charge >= 0.3 is 0 Å². The van der Waals surface area contributed by atoms with Gasteiger partial charge in [0.2, 0.25) is 10.0 Å². The van der Waals surface area contributed by atoms with Crippen LogP contribution in [0.3, 0.4) is 0 Å². The van der Waals surface area contributed by atoms with Gasteiger partial charge in [0, 0.05) is 18.7 Å². The summed E-state index contributed by atoms with van der Waals surface area (Å²) in [5, 5.41) is 2.86. The Balaban J connectivity index is 1.68. The zero-order chi connectivity index (χ0) is 24.0. The van der Waals surface area contributed by atoms with Crippen molar-refractivity contribution in [2.75, 3.05) is 41.3 Å². The van der Waals surface area contributed by atoms with Gasteiger partial charge in [0.15, 0.2) is 0 Å². The number of rotatable bonds is 11. The van der Waals surface area contributed by atoms with Gasteiger partial charge in [-0.2, -0.15) is 0 Å². The smallest absolute Gasteiger partial charge is 0.251 e. The SMILES string of the molecule is CN(C)[C@H](CNS(=O)(=O)c1cccc(C(=O)NC[C@@H](c2ccco2)N(C)C)c1)c1ccco1. The highest BCUT2D eigenvalue weighted by atomic mass is 32.2. The third-order valence-electron chi connectivity index (χ3n) is 5.32. The predicted molar refractivity (Wildman–Crippen MR) is 124 cm³/mol. The maximum Gasteiger partial charge on any atom is 0.251 e. The molecule has 0 spiro atoms. The Kier molecular flexibility index (Phi) is 8.09. The Morgan fingerprint density at radius 3 is 1.97 bits per heavy atom. The van der Waals surface area contributed by atoms with Gasteiger partial charge in [0.25, 0.3) is 5.91 Å². The Labute approximate surface area is 194 Å². The molecule has 3 aromatic rings. The van der Waals surface area contributed by atoms with Gasteiger partial charge in [0.05, 0.1) is 29.5 Å². The van der Waals surface area contributed by atoms with Crippen LogP contribution < -0.4 is 10.0 Å². The minimum Gasteiger partial charge on any atom is -0.468 e. The van der Waals surface area contributed by atoms with Gasteiger partial charge in [0.1, 0.15) is 11.5 Å². The summed E-state index contributed by atoms with van der Waals surface area (Å²) in [6.07, 6.45) is 3.14. The number of carbonyl (C=O) groups excluding carboxylic acids is 1. The first-order valence-corrected chi connectivity index (χ1v) is 11.9. The molecule has 2 N–H and O–H groups in total. The molecule has 0 radical (unpaired) electrons. The number of sulfonamides is 1. The second kappa shape index (κ2) is 10.8. The Morgan fingerprint density at radius 2 is 1.45 bits per heavy atom. The van der Waals surface area contributed by atoms with Crippen molar-refractivity contribution in [1.82, 2.24) is 19.8 Å². The molecule has 0 aliphatic carbocycles. The maximum absolute atomic E-state index is 12.9. The van der Waals surface area contributed by atoms with Gasteiger partial charge in [-0.05, 0) is 70.7 Å². The second-order valence-corrected chi connectivity index (χ2v) is 9.85. The molecular weight excluding hydrogens is 444 g/mol. The van der Waals surface area contributed by atoms with E-state index >= 15 is 0 Å². The van der Waals surface area contributed by atoms with E-state index in [0.717, 1.165) is 5.76 Å². The Bertz CT molecular complexity index is 1130. The van der Waals surface area contributed by atoms with E-state index in [4.69, 9.17) is 8.83 Å². The van der Waals surface area contributed by atoms with E-state index in [0.29, 0.717) is 12.3 Å². The number of nitrogens with zero attached hydrogens (tertiary/aromatic N) is 2. The highest BCUT2D eigenvalue weighted by molar-refractivity contribution is 7.89. The Hall–Kier alpha value is -2.92. The number of benzene rings is 1. The summed E-state index contributed by atoms with van der Waals surface area (Å²) < 4.78 is 39.3. The number of carbonyl (C=O) groups is 1. The summed E-state index contributed by atoms with van der Waals surface area (Å²) >= 11 is 0. The minimum atomic E-state index is -3.84. The molecule has 3 rings (SSSR count). The molecule has 0 fully saturated rings. The molecule has 0 bridgehead atoms. The molecule has 1 aromatic carbocycles. The van der Waals surface area contributed by atoms with Crippen LogP contribution in [0.4, 0.5) is 0 Å². The number of hydrogen-bond donors (Lipinski definition) is 2. The number of furan rings is 2. The van der Waals surface area contributed by atoms with E-state index in [-0.39, 0.29) is 35.0 Å². The zero-order valence-electron chi connectivity index (χ0n) is 19.2. The van der Waals surface area contributed by atoms with Gasteiger partial charge in [-0.3, -0.25) is 14.6 Å². The average molecular weight is 475 g/mol. The summed E-state index contributed by atoms with van der Waals surface area (Å²) in [6.45, 7) is 0.426. The third-order valence-corrected chi connectivity index (χ3v) is 6.74. The van der Waals surface area contributed by atoms with Crippen LogP contribution in [-0.2, 0) is 10.0 Å². The van der Waals surface area contributed by atoms with Gasteiger partial charge in [-0.1, -0.05) is 6.07 Å². The summed E-state index contributed by atoms with van der Waals surface area (Å²) in [5.41, 5.74) is 0.255. The molecule has 0 aliphatic rings. The van der Waals surface area contributed by atoms with Crippen LogP contribution in [0.5, 0.6) is 0 Å². The average Bonchev–Trinajstić information content (AvgIpc) is 3.48. The molecule has 0 saturated heterocycles. The van der Waals surface area contributed by atoms with Crippen molar-refractivity contribution in [3.8, 4) is 0 Å². The fraction of sp³-hybridized carbons (Fsp3) is 0.348. The fourth-order valence-electron chi connectivity index (χ4n) is 3.40. The molecule has 2 heterocycles. The lowest BCUT2D eigenvalue weighted by Crippen LogP contribution is -2.35. The molecule has 33 heavy (non-hydrogen) atoms. The maximum atomic E-state index is 12.9. The van der Waals surface area contributed by atoms with E-state index < -0.39 is 10.0 Å². The summed E-state index contributed by atoms with van der Waals surface area (Å²) in [4.78, 5) is 16.6. The van der Waals surface area contributed by atoms with E-state index in [9.17, 15) is 13.2 Å². The standard InChI is InChI=1S/C23H30N4O5S/c1-26(2)19(21-10-6-12-31-21)15-24-23(28)17-8-5-9-18(14-17)33(29,30)25-16-20(27(3)4)22-11-7-13-32-22/h5-14,19-20,25H,15-16H2,1-4H3,(H,24,28)/t19-,20+/m0/s1. The quantitative estimate of drug-likeness (QED) is 0.440. The van der Waals surface area contributed by atoms with Crippen molar-refractivity contribution in [3.63, 3.8) is 0 Å². The largest absolute Gasteiger partial charge is 0.468 e. The van der Waals surface area contributed by atoms with Crippen molar-refractivity contribution >= 4 is 15.9 Å². The molecule has 10 heteroatoms. The van der Waals surface area contributed by atoms with Gasteiger partial charge in [-0.15, -0.1) is 0 Å². The number of hydrogen-bond acceptors (Lipinski definition) is 7. The summed E-state index contributed by atoms with van der Waals surface area (Å²) in [5.74, 6) is 1.02. The van der Waals surface area contributed by atoms with Crippen molar-refractivity contribution in [3.05, 3.63) is 78.1 Å². The van der Waals surface area contributed by atoms with Crippen molar-refractivity contribution in [2.24, 2.45) is 0 Å². The lowest BCUT2D eigenvalue weighted by molar-refractivity contribution is 0.0939. The minimum absolute atomic E-state index is 0.0160. The van der Waals surface area contributed by atoms with Crippen LogP contribution in [0.2, 0.25) is 0 Å². The van der Waals surface area contributed by atoms with Crippen LogP contribution in [0, 0.1) is 0 Å². The van der Waals surface area contributed by atoms with Crippen LogP contribution in [-0.4, -0.2) is 65.4 Å². The van der Waals surface area contributed by atoms with E-state index in [1.54, 1.807) is 42.9 Å². The van der Waals surface area contributed by atoms with E-state index in [2.05, 4.69) is 10.0 Å². The monoisotopic (exact) mass is 474 g/mol. The summed E-state index contributed by atoms with van der Waals surface area (Å²) in [7, 11) is 3.63. The normalized spacial score (nSPS) is 13.9. The summed E-state index contributed by atoms with van der Waals surface area (Å²) in [6, 6.07) is 12.7. The lowest BCUT2D eigenvalue weighted by Gasteiger charge is -2.23. The fourth-order valence-corrected chi connectivity index (χ4v) is 4.49. The van der Waals surface area contributed by atoms with Crippen molar-refractivity contribution in [1.29, 1.82) is 0 Å². The number of amides is 1. The first kappa shape index (κ1) is 24.7. The molecule has 178 valence electrons. The Morgan fingerprint density at radius 1 is 0.879 bits per heavy atom. The van der Waals surface area contributed by atoms with Crippen molar-refractivity contribution < 1.29 is 22.0 Å². The number of nitrogens with one attached hydrogen (secondary N) is 2. The van der Waals surface area contributed by atoms with Crippen LogP contribution in [0.25, 0.3) is 0 Å². The first-order chi connectivity index (χ1) is 15.7. The zero-order valence-corrected chi connectivity index (χ0v) is 20.0. The van der Waals surface area contributed by atoms with Crippen LogP contribution in [0.15, 0.2) is 74.8 Å². The van der Waals surface area contributed by atoms with E-state index in [1.165, 1.54) is 12.1 Å². The van der Waals surface area contributed by atoms with Gasteiger partial charge < -0.3 is 14.2 Å². The van der Waals surface area contributed by atoms with Crippen molar-refractivity contribution in [2.45, 2.75) is 17.0 Å². The molecule has 9 nitrogen and oxygen atoms in total. The lowest BCUT2D eigenvalue weighted by atomic mass is 10.2. The molecule has 2 atom stereocenters. The van der Waals surface area contributed by atoms with Gasteiger partial charge in [-0.25, -0.2) is 13.1 Å². The molecule has 0 saturated carbocycles. The molecule has 1 amide bonds. The highest BCUT2D eigenvalue weighted by Gasteiger charge is 2.23. The topological polar surface area (TPSA) is 108 Å². The van der Waals surface area contributed by atoms with Crippen LogP contribution >= 0.6 is 0 Å². The van der Waals surface area contributed by atoms with E-state index in [1.807, 2.05) is 44.1 Å². The molecule has 0 aliphatic heterocycles. The molecule has 0 unspecified atom stereocenters. The molecule has 2 aromatic heterocycles.